The molecular weight excluding hydrogens is 373 g/mol. The molecule has 0 spiro atoms. The summed E-state index contributed by atoms with van der Waals surface area (Å²) in [6.07, 6.45) is 1.80. The van der Waals surface area contributed by atoms with Gasteiger partial charge in [0.2, 0.25) is 0 Å². The van der Waals surface area contributed by atoms with Crippen LogP contribution in [0.2, 0.25) is 10.0 Å². The number of rotatable bonds is 5. The van der Waals surface area contributed by atoms with E-state index in [9.17, 15) is 4.79 Å². The molecule has 0 bridgehead atoms. The smallest absolute Gasteiger partial charge is 0.271 e. The second kappa shape index (κ2) is 7.51. The normalized spacial score (nSPS) is 11.0. The average molecular weight is 392 g/mol. The molecule has 0 fully saturated rings. The van der Waals surface area contributed by atoms with Crippen molar-refractivity contribution in [2.24, 2.45) is 0 Å². The summed E-state index contributed by atoms with van der Waals surface area (Å²) < 4.78 is 1.91. The largest absolute Gasteiger partial charge is 0.336 e. The number of nitrogens with zero attached hydrogens (tertiary/aromatic N) is 4. The fraction of sp³-hybridized carbons (Fsp3) is 0.278. The SMILES string of the molecule is CCn1ncc(CN(C)C(=O)c2cc(-c3ccc(Cl)c(Cl)c3)n[nH]2)c1C. The lowest BCUT2D eigenvalue weighted by Crippen LogP contribution is -2.26. The minimum Gasteiger partial charge on any atom is -0.336 e. The summed E-state index contributed by atoms with van der Waals surface area (Å²) in [4.78, 5) is 14.3. The molecule has 1 amide bonds. The predicted molar refractivity (Wildman–Crippen MR) is 102 cm³/mol. The van der Waals surface area contributed by atoms with E-state index in [0.717, 1.165) is 23.4 Å². The highest BCUT2D eigenvalue weighted by Gasteiger charge is 2.18. The minimum atomic E-state index is -0.146. The molecule has 0 radical (unpaired) electrons. The Kier molecular flexibility index (Phi) is 5.34. The summed E-state index contributed by atoms with van der Waals surface area (Å²) in [6, 6.07) is 6.95. The van der Waals surface area contributed by atoms with E-state index in [1.807, 2.05) is 24.6 Å². The van der Waals surface area contributed by atoms with Gasteiger partial charge in [0.25, 0.3) is 5.91 Å². The number of carbonyl (C=O) groups excluding carboxylic acids is 1. The highest BCUT2D eigenvalue weighted by Crippen LogP contribution is 2.28. The summed E-state index contributed by atoms with van der Waals surface area (Å²) in [5.74, 6) is -0.146. The van der Waals surface area contributed by atoms with Crippen LogP contribution in [-0.4, -0.2) is 37.8 Å². The van der Waals surface area contributed by atoms with Crippen molar-refractivity contribution in [2.45, 2.75) is 26.9 Å². The monoisotopic (exact) mass is 391 g/mol. The zero-order valence-electron chi connectivity index (χ0n) is 14.8. The zero-order chi connectivity index (χ0) is 18.8. The van der Waals surface area contributed by atoms with E-state index in [2.05, 4.69) is 15.3 Å². The number of amides is 1. The Morgan fingerprint density at radius 1 is 1.27 bits per heavy atom. The van der Waals surface area contributed by atoms with E-state index in [1.54, 1.807) is 36.3 Å². The van der Waals surface area contributed by atoms with Crippen LogP contribution in [-0.2, 0) is 13.1 Å². The predicted octanol–water partition coefficient (Wildman–Crippen LogP) is 4.18. The number of aryl methyl sites for hydroxylation is 1. The summed E-state index contributed by atoms with van der Waals surface area (Å²) in [6.45, 7) is 5.32. The van der Waals surface area contributed by atoms with Crippen molar-refractivity contribution in [1.29, 1.82) is 0 Å². The average Bonchev–Trinajstić information content (AvgIpc) is 3.24. The van der Waals surface area contributed by atoms with E-state index in [0.29, 0.717) is 28.0 Å². The van der Waals surface area contributed by atoms with Gasteiger partial charge in [-0.25, -0.2) is 0 Å². The molecule has 0 unspecified atom stereocenters. The maximum Gasteiger partial charge on any atom is 0.271 e. The molecule has 2 aromatic heterocycles. The van der Waals surface area contributed by atoms with Crippen LogP contribution >= 0.6 is 23.2 Å². The van der Waals surface area contributed by atoms with Gasteiger partial charge in [0.15, 0.2) is 0 Å². The first kappa shape index (κ1) is 18.5. The zero-order valence-corrected chi connectivity index (χ0v) is 16.3. The number of aromatic amines is 1. The maximum atomic E-state index is 12.7. The molecule has 8 heteroatoms. The van der Waals surface area contributed by atoms with Crippen molar-refractivity contribution in [3.8, 4) is 11.3 Å². The van der Waals surface area contributed by atoms with E-state index in [4.69, 9.17) is 23.2 Å². The molecule has 136 valence electrons. The van der Waals surface area contributed by atoms with Crippen LogP contribution in [0.5, 0.6) is 0 Å². The minimum absolute atomic E-state index is 0.146. The van der Waals surface area contributed by atoms with Gasteiger partial charge in [-0.05, 0) is 32.0 Å². The lowest BCUT2D eigenvalue weighted by molar-refractivity contribution is 0.0779. The van der Waals surface area contributed by atoms with Gasteiger partial charge in [-0.3, -0.25) is 14.6 Å². The highest BCUT2D eigenvalue weighted by atomic mass is 35.5. The van der Waals surface area contributed by atoms with Crippen molar-refractivity contribution >= 4 is 29.1 Å². The molecule has 6 nitrogen and oxygen atoms in total. The number of H-pyrrole nitrogens is 1. The Labute approximate surface area is 161 Å². The van der Waals surface area contributed by atoms with E-state index in [1.165, 1.54) is 0 Å². The summed E-state index contributed by atoms with van der Waals surface area (Å²) in [5.41, 5.74) is 3.92. The standard InChI is InChI=1S/C18H19Cl2N5O/c1-4-25-11(2)13(9-21-25)10-24(3)18(26)17-8-16(22-23-17)12-5-6-14(19)15(20)7-12/h5-9H,4,10H2,1-3H3,(H,22,23). The van der Waals surface area contributed by atoms with Crippen LogP contribution in [0.15, 0.2) is 30.5 Å². The lowest BCUT2D eigenvalue weighted by Gasteiger charge is -2.15. The molecule has 0 saturated carbocycles. The number of hydrogen-bond acceptors (Lipinski definition) is 3. The van der Waals surface area contributed by atoms with Crippen LogP contribution < -0.4 is 0 Å². The third-order valence-corrected chi connectivity index (χ3v) is 5.02. The van der Waals surface area contributed by atoms with Gasteiger partial charge in [0, 0.05) is 37.0 Å². The van der Waals surface area contributed by atoms with Crippen LogP contribution in [0.3, 0.4) is 0 Å². The number of aromatic nitrogens is 4. The van der Waals surface area contributed by atoms with Gasteiger partial charge >= 0.3 is 0 Å². The lowest BCUT2D eigenvalue weighted by atomic mass is 10.1. The Bertz CT molecular complexity index is 947. The topological polar surface area (TPSA) is 66.8 Å². The molecule has 2 heterocycles. The first-order chi connectivity index (χ1) is 12.4. The van der Waals surface area contributed by atoms with E-state index < -0.39 is 0 Å². The van der Waals surface area contributed by atoms with Crippen molar-refractivity contribution < 1.29 is 4.79 Å². The van der Waals surface area contributed by atoms with Gasteiger partial charge in [0.1, 0.15) is 5.69 Å². The van der Waals surface area contributed by atoms with Crippen molar-refractivity contribution in [1.82, 2.24) is 24.9 Å². The summed E-state index contributed by atoms with van der Waals surface area (Å²) in [7, 11) is 1.75. The molecule has 3 aromatic rings. The molecule has 0 aliphatic heterocycles. The number of nitrogens with one attached hydrogen (secondary N) is 1. The first-order valence-electron chi connectivity index (χ1n) is 8.18. The van der Waals surface area contributed by atoms with Crippen molar-refractivity contribution in [3.63, 3.8) is 0 Å². The van der Waals surface area contributed by atoms with Crippen LogP contribution in [0.4, 0.5) is 0 Å². The van der Waals surface area contributed by atoms with Crippen LogP contribution in [0, 0.1) is 6.92 Å². The molecule has 0 aliphatic rings. The number of hydrogen-bond donors (Lipinski definition) is 1. The second-order valence-corrected chi connectivity index (χ2v) is 6.84. The van der Waals surface area contributed by atoms with E-state index >= 15 is 0 Å². The fourth-order valence-electron chi connectivity index (χ4n) is 2.73. The first-order valence-corrected chi connectivity index (χ1v) is 8.94. The third kappa shape index (κ3) is 3.61. The summed E-state index contributed by atoms with van der Waals surface area (Å²) in [5, 5.41) is 12.2. The van der Waals surface area contributed by atoms with Gasteiger partial charge in [-0.2, -0.15) is 10.2 Å². The van der Waals surface area contributed by atoms with Gasteiger partial charge in [-0.1, -0.05) is 29.3 Å². The van der Waals surface area contributed by atoms with Crippen molar-refractivity contribution in [3.05, 3.63) is 57.5 Å². The summed E-state index contributed by atoms with van der Waals surface area (Å²) >= 11 is 12.0. The molecule has 1 N–H and O–H groups in total. The molecule has 0 atom stereocenters. The third-order valence-electron chi connectivity index (χ3n) is 4.28. The highest BCUT2D eigenvalue weighted by molar-refractivity contribution is 6.42. The van der Waals surface area contributed by atoms with Crippen LogP contribution in [0.25, 0.3) is 11.3 Å². The maximum absolute atomic E-state index is 12.7. The van der Waals surface area contributed by atoms with Gasteiger partial charge < -0.3 is 4.90 Å². The molecular formula is C18H19Cl2N5O. The number of halogens is 2. The molecule has 26 heavy (non-hydrogen) atoms. The Balaban J connectivity index is 1.76. The van der Waals surface area contributed by atoms with E-state index in [-0.39, 0.29) is 5.91 Å². The fourth-order valence-corrected chi connectivity index (χ4v) is 3.02. The Morgan fingerprint density at radius 2 is 2.04 bits per heavy atom. The molecule has 0 saturated heterocycles. The number of benzene rings is 1. The quantitative estimate of drug-likeness (QED) is 0.708. The Hall–Kier alpha value is -2.31. The Morgan fingerprint density at radius 3 is 2.69 bits per heavy atom. The van der Waals surface area contributed by atoms with Gasteiger partial charge in [-0.15, -0.1) is 0 Å². The molecule has 3 rings (SSSR count). The number of carbonyl (C=O) groups is 1. The second-order valence-electron chi connectivity index (χ2n) is 6.03. The van der Waals surface area contributed by atoms with Crippen molar-refractivity contribution in [2.75, 3.05) is 7.05 Å². The van der Waals surface area contributed by atoms with Crippen LogP contribution in [0.1, 0.15) is 28.7 Å². The molecule has 0 aliphatic carbocycles. The van der Waals surface area contributed by atoms with Gasteiger partial charge in [0.05, 0.1) is 21.9 Å². The molecule has 1 aromatic carbocycles.